The Bertz CT molecular complexity index is 637. The van der Waals surface area contributed by atoms with E-state index in [0.717, 1.165) is 5.56 Å². The molecule has 1 aromatic heterocycles. The third-order valence-corrected chi connectivity index (χ3v) is 2.56. The van der Waals surface area contributed by atoms with Crippen LogP contribution in [-0.2, 0) is 0 Å². The molecule has 4 N–H and O–H groups in total. The van der Waals surface area contributed by atoms with Gasteiger partial charge in [-0.2, -0.15) is 5.26 Å². The molecule has 1 heterocycles. The van der Waals surface area contributed by atoms with Crippen molar-refractivity contribution in [2.75, 3.05) is 11.1 Å². The van der Waals surface area contributed by atoms with E-state index < -0.39 is 0 Å². The van der Waals surface area contributed by atoms with Crippen LogP contribution in [0.15, 0.2) is 30.5 Å². The Morgan fingerprint density at radius 3 is 2.83 bits per heavy atom. The number of hydrogen-bond acceptors (Lipinski definition) is 3. The van der Waals surface area contributed by atoms with Gasteiger partial charge in [-0.3, -0.25) is 4.79 Å². The highest BCUT2D eigenvalue weighted by Gasteiger charge is 2.09. The molecule has 2 rings (SSSR count). The van der Waals surface area contributed by atoms with Gasteiger partial charge >= 0.3 is 0 Å². The Hall–Kier alpha value is -2.74. The lowest BCUT2D eigenvalue weighted by Crippen LogP contribution is -2.13. The van der Waals surface area contributed by atoms with Gasteiger partial charge in [-0.15, -0.1) is 0 Å². The molecule has 0 bridgehead atoms. The standard InChI is InChI=1S/C13H12N4O/c1-8-2-3-9(6-14)4-11(8)17-13(18)12-5-10(15)7-16-12/h2-5,7,16H,15H2,1H3,(H,17,18). The van der Waals surface area contributed by atoms with E-state index in [-0.39, 0.29) is 5.91 Å². The van der Waals surface area contributed by atoms with Gasteiger partial charge in [0.25, 0.3) is 5.91 Å². The Morgan fingerprint density at radius 2 is 2.22 bits per heavy atom. The van der Waals surface area contributed by atoms with E-state index >= 15 is 0 Å². The number of aryl methyl sites for hydroxylation is 1. The van der Waals surface area contributed by atoms with Crippen LogP contribution in [0.1, 0.15) is 21.6 Å². The molecular formula is C13H12N4O. The molecule has 1 aromatic carbocycles. The van der Waals surface area contributed by atoms with Crippen LogP contribution in [0.4, 0.5) is 11.4 Å². The molecule has 0 aliphatic rings. The van der Waals surface area contributed by atoms with Crippen molar-refractivity contribution in [3.63, 3.8) is 0 Å². The zero-order valence-electron chi connectivity index (χ0n) is 9.82. The van der Waals surface area contributed by atoms with E-state index in [1.807, 2.05) is 13.0 Å². The number of nitrogens with one attached hydrogen (secondary N) is 2. The number of aromatic nitrogens is 1. The van der Waals surface area contributed by atoms with Crippen LogP contribution < -0.4 is 11.1 Å². The molecule has 0 spiro atoms. The van der Waals surface area contributed by atoms with Crippen LogP contribution in [-0.4, -0.2) is 10.9 Å². The lowest BCUT2D eigenvalue weighted by Gasteiger charge is -2.07. The Kier molecular flexibility index (Phi) is 3.02. The molecule has 0 unspecified atom stereocenters. The van der Waals surface area contributed by atoms with Crippen LogP contribution in [0.2, 0.25) is 0 Å². The number of anilines is 2. The number of carbonyl (C=O) groups excluding carboxylic acids is 1. The number of nitrogens with two attached hydrogens (primary N) is 1. The van der Waals surface area contributed by atoms with Crippen molar-refractivity contribution >= 4 is 17.3 Å². The first-order valence-corrected chi connectivity index (χ1v) is 5.36. The third-order valence-electron chi connectivity index (χ3n) is 2.56. The molecule has 90 valence electrons. The SMILES string of the molecule is Cc1ccc(C#N)cc1NC(=O)c1cc(N)c[nH]1. The van der Waals surface area contributed by atoms with Crippen molar-refractivity contribution in [2.45, 2.75) is 6.92 Å². The molecule has 0 fully saturated rings. The summed E-state index contributed by atoms with van der Waals surface area (Å²) >= 11 is 0. The predicted octanol–water partition coefficient (Wildman–Crippen LogP) is 2.03. The quantitative estimate of drug-likeness (QED) is 0.749. The lowest BCUT2D eigenvalue weighted by molar-refractivity contribution is 0.102. The van der Waals surface area contributed by atoms with Crippen LogP contribution in [0.5, 0.6) is 0 Å². The predicted molar refractivity (Wildman–Crippen MR) is 69.1 cm³/mol. The monoisotopic (exact) mass is 240 g/mol. The molecule has 5 nitrogen and oxygen atoms in total. The summed E-state index contributed by atoms with van der Waals surface area (Å²) in [6.45, 7) is 1.86. The number of nitrogen functional groups attached to an aromatic ring is 1. The topological polar surface area (TPSA) is 94.7 Å². The van der Waals surface area contributed by atoms with Gasteiger partial charge in [-0.05, 0) is 30.7 Å². The van der Waals surface area contributed by atoms with Gasteiger partial charge < -0.3 is 16.0 Å². The summed E-state index contributed by atoms with van der Waals surface area (Å²) in [5.74, 6) is -0.287. The van der Waals surface area contributed by atoms with Crippen LogP contribution in [0.25, 0.3) is 0 Å². The molecule has 2 aromatic rings. The number of nitrogens with zero attached hydrogens (tertiary/aromatic N) is 1. The maximum Gasteiger partial charge on any atom is 0.272 e. The van der Waals surface area contributed by atoms with Crippen molar-refractivity contribution in [2.24, 2.45) is 0 Å². The summed E-state index contributed by atoms with van der Waals surface area (Å²) in [6, 6.07) is 8.72. The molecule has 0 saturated heterocycles. The van der Waals surface area contributed by atoms with E-state index in [4.69, 9.17) is 11.0 Å². The normalized spacial score (nSPS) is 9.78. The van der Waals surface area contributed by atoms with Crippen molar-refractivity contribution in [3.05, 3.63) is 47.3 Å². The second kappa shape index (κ2) is 4.63. The summed E-state index contributed by atoms with van der Waals surface area (Å²) in [6.07, 6.45) is 1.55. The van der Waals surface area contributed by atoms with E-state index in [2.05, 4.69) is 10.3 Å². The zero-order valence-corrected chi connectivity index (χ0v) is 9.82. The van der Waals surface area contributed by atoms with Crippen molar-refractivity contribution in [1.29, 1.82) is 5.26 Å². The zero-order chi connectivity index (χ0) is 13.1. The highest BCUT2D eigenvalue weighted by Crippen LogP contribution is 2.17. The summed E-state index contributed by atoms with van der Waals surface area (Å²) in [4.78, 5) is 14.7. The molecule has 0 radical (unpaired) electrons. The highest BCUT2D eigenvalue weighted by atomic mass is 16.1. The largest absolute Gasteiger partial charge is 0.397 e. The number of H-pyrrole nitrogens is 1. The maximum absolute atomic E-state index is 11.9. The van der Waals surface area contributed by atoms with Crippen molar-refractivity contribution in [3.8, 4) is 6.07 Å². The molecule has 0 saturated carbocycles. The van der Waals surface area contributed by atoms with Gasteiger partial charge in [0.15, 0.2) is 0 Å². The van der Waals surface area contributed by atoms with Gasteiger partial charge in [0.2, 0.25) is 0 Å². The van der Waals surface area contributed by atoms with Gasteiger partial charge in [0, 0.05) is 17.6 Å². The number of nitriles is 1. The minimum Gasteiger partial charge on any atom is -0.397 e. The molecule has 0 aliphatic heterocycles. The molecule has 1 amide bonds. The molecule has 0 atom stereocenters. The minimum absolute atomic E-state index is 0.287. The maximum atomic E-state index is 11.9. The average molecular weight is 240 g/mol. The molecular weight excluding hydrogens is 228 g/mol. The number of carbonyl (C=O) groups is 1. The number of benzene rings is 1. The first-order chi connectivity index (χ1) is 8.60. The number of hydrogen-bond donors (Lipinski definition) is 3. The van der Waals surface area contributed by atoms with Gasteiger partial charge in [-0.25, -0.2) is 0 Å². The average Bonchev–Trinajstić information content (AvgIpc) is 2.79. The fraction of sp³-hybridized carbons (Fsp3) is 0.0769. The second-order valence-electron chi connectivity index (χ2n) is 3.94. The van der Waals surface area contributed by atoms with E-state index in [1.54, 1.807) is 30.5 Å². The molecule has 5 heteroatoms. The molecule has 18 heavy (non-hydrogen) atoms. The minimum atomic E-state index is -0.287. The lowest BCUT2D eigenvalue weighted by atomic mass is 10.1. The summed E-state index contributed by atoms with van der Waals surface area (Å²) in [5, 5.41) is 11.6. The van der Waals surface area contributed by atoms with E-state index in [1.165, 1.54) is 0 Å². The summed E-state index contributed by atoms with van der Waals surface area (Å²) < 4.78 is 0. The molecule has 0 aliphatic carbocycles. The van der Waals surface area contributed by atoms with Crippen molar-refractivity contribution in [1.82, 2.24) is 4.98 Å². The Labute approximate surface area is 104 Å². The number of aromatic amines is 1. The van der Waals surface area contributed by atoms with Crippen molar-refractivity contribution < 1.29 is 4.79 Å². The number of amides is 1. The first kappa shape index (κ1) is 11.7. The van der Waals surface area contributed by atoms with Crippen LogP contribution in [0.3, 0.4) is 0 Å². The second-order valence-corrected chi connectivity index (χ2v) is 3.94. The Morgan fingerprint density at radius 1 is 1.44 bits per heavy atom. The van der Waals surface area contributed by atoms with Gasteiger partial charge in [-0.1, -0.05) is 6.07 Å². The van der Waals surface area contributed by atoms with Gasteiger partial charge in [0.05, 0.1) is 11.6 Å². The highest BCUT2D eigenvalue weighted by molar-refractivity contribution is 6.04. The summed E-state index contributed by atoms with van der Waals surface area (Å²) in [7, 11) is 0. The number of rotatable bonds is 2. The smallest absolute Gasteiger partial charge is 0.272 e. The van der Waals surface area contributed by atoms with Gasteiger partial charge in [0.1, 0.15) is 5.69 Å². The third kappa shape index (κ3) is 2.33. The fourth-order valence-electron chi connectivity index (χ4n) is 1.56. The first-order valence-electron chi connectivity index (χ1n) is 5.36. The van der Waals surface area contributed by atoms with Crippen LogP contribution >= 0.6 is 0 Å². The fourth-order valence-corrected chi connectivity index (χ4v) is 1.56. The van der Waals surface area contributed by atoms with E-state index in [0.29, 0.717) is 22.6 Å². The van der Waals surface area contributed by atoms with E-state index in [9.17, 15) is 4.79 Å². The summed E-state index contributed by atoms with van der Waals surface area (Å²) in [5.41, 5.74) is 8.43. The Balaban J connectivity index is 2.24. The van der Waals surface area contributed by atoms with Crippen LogP contribution in [0, 0.1) is 18.3 Å².